The Balaban J connectivity index is 3.27. The number of unbranched alkanes of at least 4 members (excludes halogenated alkanes) is 73. The zero-order valence-corrected chi connectivity index (χ0v) is 64.0. The lowest BCUT2D eigenvalue weighted by molar-refractivity contribution is -0.143. The Morgan fingerprint density at radius 1 is 0.258 bits per heavy atom. The minimum atomic E-state index is -0.660. The van der Waals surface area contributed by atoms with Crippen LogP contribution in [0.4, 0.5) is 0 Å². The fourth-order valence-electron chi connectivity index (χ4n) is 14.5. The third-order valence-corrected chi connectivity index (χ3v) is 21.2. The Kier molecular flexibility index (Phi) is 82.3. The van der Waals surface area contributed by atoms with E-state index in [-0.39, 0.29) is 18.5 Å². The van der Waals surface area contributed by atoms with Gasteiger partial charge in [0.1, 0.15) is 0 Å². The fourth-order valence-corrected chi connectivity index (χ4v) is 14.5. The predicted octanol–water partition coefficient (Wildman–Crippen LogP) is 29.2. The summed E-state index contributed by atoms with van der Waals surface area (Å²) in [6.45, 7) is 5.03. The first kappa shape index (κ1) is 91.9. The SMILES string of the molecule is CCCCCCCCCCCCCCCCCCCCCC(=O)OCCCCCCCCCCCCCCCCCCCCCCCCCCCCCCCCCCCCCCCCCC(=O)NC(CO)C(O)CCCCCCCCCCCCCCCCCCCC. The molecule has 2 atom stereocenters. The van der Waals surface area contributed by atoms with E-state index in [1.54, 1.807) is 0 Å². The summed E-state index contributed by atoms with van der Waals surface area (Å²) in [5.41, 5.74) is 0. The van der Waals surface area contributed by atoms with E-state index in [0.717, 1.165) is 38.5 Å². The second-order valence-corrected chi connectivity index (χ2v) is 30.6. The minimum Gasteiger partial charge on any atom is -0.466 e. The number of esters is 1. The monoisotopic (exact) mass is 1310 g/mol. The lowest BCUT2D eigenvalue weighted by Crippen LogP contribution is -2.45. The van der Waals surface area contributed by atoms with Gasteiger partial charge in [0.25, 0.3) is 0 Å². The Morgan fingerprint density at radius 2 is 0.441 bits per heavy atom. The van der Waals surface area contributed by atoms with Crippen LogP contribution in [0, 0.1) is 0 Å². The Bertz CT molecular complexity index is 1370. The van der Waals surface area contributed by atoms with Gasteiger partial charge in [-0.3, -0.25) is 9.59 Å². The highest BCUT2D eigenvalue weighted by atomic mass is 16.5. The average Bonchev–Trinajstić information content (AvgIpc) is 3.68. The number of rotatable bonds is 84. The quantitative estimate of drug-likeness (QED) is 0.0417. The molecule has 0 aliphatic rings. The predicted molar refractivity (Wildman–Crippen MR) is 412 cm³/mol. The smallest absolute Gasteiger partial charge is 0.305 e. The Hall–Kier alpha value is -1.14. The summed E-state index contributed by atoms with van der Waals surface area (Å²) in [6, 6.07) is -0.536. The molecule has 0 bridgehead atoms. The molecule has 0 aliphatic heterocycles. The molecule has 0 aromatic rings. The first-order valence-electron chi connectivity index (χ1n) is 43.8. The highest BCUT2D eigenvalue weighted by molar-refractivity contribution is 5.76. The number of hydrogen-bond donors (Lipinski definition) is 3. The molecule has 0 heterocycles. The number of carbonyl (C=O) groups is 2. The largest absolute Gasteiger partial charge is 0.466 e. The highest BCUT2D eigenvalue weighted by Crippen LogP contribution is 2.22. The first-order valence-corrected chi connectivity index (χ1v) is 43.8. The van der Waals surface area contributed by atoms with E-state index in [9.17, 15) is 19.8 Å². The molecule has 0 aromatic heterocycles. The van der Waals surface area contributed by atoms with E-state index >= 15 is 0 Å². The molecule has 0 saturated heterocycles. The maximum absolute atomic E-state index is 12.6. The van der Waals surface area contributed by atoms with E-state index in [1.165, 1.54) is 449 Å². The molecule has 0 radical (unpaired) electrons. The second kappa shape index (κ2) is 83.3. The molecule has 93 heavy (non-hydrogen) atoms. The summed E-state index contributed by atoms with van der Waals surface area (Å²) >= 11 is 0. The van der Waals surface area contributed by atoms with Gasteiger partial charge in [0.2, 0.25) is 5.91 Å². The van der Waals surface area contributed by atoms with Gasteiger partial charge in [-0.15, -0.1) is 0 Å². The molecule has 0 aliphatic carbocycles. The molecular formula is C87H173NO5. The average molecular weight is 1310 g/mol. The van der Waals surface area contributed by atoms with Crippen molar-refractivity contribution in [2.75, 3.05) is 13.2 Å². The topological polar surface area (TPSA) is 95.9 Å². The van der Waals surface area contributed by atoms with Gasteiger partial charge in [-0.2, -0.15) is 0 Å². The van der Waals surface area contributed by atoms with Crippen molar-refractivity contribution in [3.8, 4) is 0 Å². The van der Waals surface area contributed by atoms with Crippen molar-refractivity contribution in [3.63, 3.8) is 0 Å². The summed E-state index contributed by atoms with van der Waals surface area (Å²) in [6.07, 6.45) is 105. The maximum Gasteiger partial charge on any atom is 0.305 e. The summed E-state index contributed by atoms with van der Waals surface area (Å²) in [7, 11) is 0. The van der Waals surface area contributed by atoms with Gasteiger partial charge in [0.05, 0.1) is 25.4 Å². The van der Waals surface area contributed by atoms with Gasteiger partial charge in [0, 0.05) is 12.8 Å². The van der Waals surface area contributed by atoms with E-state index in [0.29, 0.717) is 25.9 Å². The third kappa shape index (κ3) is 79.7. The van der Waals surface area contributed by atoms with Gasteiger partial charge in [-0.25, -0.2) is 0 Å². The minimum absolute atomic E-state index is 0.0231. The van der Waals surface area contributed by atoms with Crippen molar-refractivity contribution >= 4 is 11.9 Å². The normalized spacial score (nSPS) is 12.3. The van der Waals surface area contributed by atoms with E-state index in [1.807, 2.05) is 0 Å². The first-order chi connectivity index (χ1) is 46.0. The van der Waals surface area contributed by atoms with Crippen molar-refractivity contribution < 1.29 is 24.5 Å². The van der Waals surface area contributed by atoms with Crippen molar-refractivity contribution in [2.45, 2.75) is 533 Å². The molecule has 6 nitrogen and oxygen atoms in total. The van der Waals surface area contributed by atoms with Crippen LogP contribution >= 0.6 is 0 Å². The van der Waals surface area contributed by atoms with Crippen LogP contribution in [0.25, 0.3) is 0 Å². The number of nitrogens with one attached hydrogen (secondary N) is 1. The van der Waals surface area contributed by atoms with Crippen LogP contribution < -0.4 is 5.32 Å². The third-order valence-electron chi connectivity index (χ3n) is 21.2. The molecule has 2 unspecified atom stereocenters. The lowest BCUT2D eigenvalue weighted by Gasteiger charge is -2.22. The van der Waals surface area contributed by atoms with Crippen LogP contribution in [0.5, 0.6) is 0 Å². The molecule has 0 fully saturated rings. The number of amides is 1. The van der Waals surface area contributed by atoms with Crippen LogP contribution in [-0.4, -0.2) is 47.4 Å². The van der Waals surface area contributed by atoms with Gasteiger partial charge < -0.3 is 20.3 Å². The molecule has 0 aromatic carbocycles. The van der Waals surface area contributed by atoms with Crippen molar-refractivity contribution in [3.05, 3.63) is 0 Å². The summed E-state index contributed by atoms with van der Waals surface area (Å²) in [5.74, 6) is 0.00741. The summed E-state index contributed by atoms with van der Waals surface area (Å²) < 4.78 is 5.53. The maximum atomic E-state index is 12.6. The zero-order chi connectivity index (χ0) is 67.0. The van der Waals surface area contributed by atoms with Gasteiger partial charge in [-0.1, -0.05) is 483 Å². The van der Waals surface area contributed by atoms with Gasteiger partial charge in [0.15, 0.2) is 0 Å². The second-order valence-electron chi connectivity index (χ2n) is 30.6. The number of carbonyl (C=O) groups excluding carboxylic acids is 2. The molecular weight excluding hydrogens is 1140 g/mol. The standard InChI is InChI=1S/C87H173NO5/c1-3-5-7-9-11-13-15-17-19-21-44-49-53-57-61-65-69-73-77-81-87(92)93-82-78-74-70-66-62-58-54-50-46-43-41-39-37-35-33-31-29-27-25-23-24-26-28-30-32-34-36-38-40-42-45-48-52-56-60-64-68-72-76-80-86(91)88-84(83-89)85(90)79-75-71-67-63-59-55-51-47-22-20-18-16-14-12-10-8-6-4-2/h84-85,89-90H,3-83H2,1-2H3,(H,88,91). The van der Waals surface area contributed by atoms with Gasteiger partial charge in [-0.05, 0) is 25.7 Å². The molecule has 6 heteroatoms. The Morgan fingerprint density at radius 3 is 0.656 bits per heavy atom. The van der Waals surface area contributed by atoms with Gasteiger partial charge >= 0.3 is 5.97 Å². The number of aliphatic hydroxyl groups excluding tert-OH is 2. The van der Waals surface area contributed by atoms with Crippen LogP contribution in [-0.2, 0) is 14.3 Å². The number of aliphatic hydroxyl groups is 2. The summed E-state index contributed by atoms with van der Waals surface area (Å²) in [5, 5.41) is 23.4. The Labute approximate surface area is 585 Å². The molecule has 0 spiro atoms. The zero-order valence-electron chi connectivity index (χ0n) is 64.0. The van der Waals surface area contributed by atoms with E-state index < -0.39 is 12.1 Å². The molecule has 3 N–H and O–H groups in total. The molecule has 0 rings (SSSR count). The molecule has 556 valence electrons. The van der Waals surface area contributed by atoms with E-state index in [2.05, 4.69) is 19.2 Å². The van der Waals surface area contributed by atoms with Crippen LogP contribution in [0.2, 0.25) is 0 Å². The number of hydrogen-bond acceptors (Lipinski definition) is 5. The molecule has 1 amide bonds. The van der Waals surface area contributed by atoms with E-state index in [4.69, 9.17) is 4.74 Å². The number of ether oxygens (including phenoxy) is 1. The summed E-state index contributed by atoms with van der Waals surface area (Å²) in [4.78, 5) is 24.7. The van der Waals surface area contributed by atoms with Crippen LogP contribution in [0.1, 0.15) is 521 Å². The van der Waals surface area contributed by atoms with Crippen LogP contribution in [0.15, 0.2) is 0 Å². The molecule has 0 saturated carbocycles. The highest BCUT2D eigenvalue weighted by Gasteiger charge is 2.20. The fraction of sp³-hybridized carbons (Fsp3) is 0.977. The van der Waals surface area contributed by atoms with Crippen molar-refractivity contribution in [1.82, 2.24) is 5.32 Å². The van der Waals surface area contributed by atoms with Crippen LogP contribution in [0.3, 0.4) is 0 Å². The van der Waals surface area contributed by atoms with Crippen molar-refractivity contribution in [2.24, 2.45) is 0 Å². The lowest BCUT2D eigenvalue weighted by atomic mass is 10.0. The van der Waals surface area contributed by atoms with Crippen molar-refractivity contribution in [1.29, 1.82) is 0 Å².